The van der Waals surface area contributed by atoms with Gasteiger partial charge in [-0.3, -0.25) is 0 Å². The Morgan fingerprint density at radius 3 is 1.34 bits per heavy atom. The molecule has 1 amide bonds. The Bertz CT molecular complexity index is 2750. The first-order chi connectivity index (χ1) is 25.5. The molecule has 0 atom stereocenters. The molecule has 264 valence electrons. The normalized spacial score (nSPS) is 11.3. The van der Waals surface area contributed by atoms with Crippen molar-refractivity contribution in [2.24, 2.45) is 0 Å². The van der Waals surface area contributed by atoms with Gasteiger partial charge < -0.3 is 8.92 Å². The van der Waals surface area contributed by atoms with Crippen molar-refractivity contribution in [1.29, 1.82) is 0 Å². The summed E-state index contributed by atoms with van der Waals surface area (Å²) in [7, 11) is -3.64. The number of hydrogen-bond donors (Lipinski definition) is 0. The highest BCUT2D eigenvalue weighted by Gasteiger charge is 2.24. The number of para-hydroxylation sites is 6. The van der Waals surface area contributed by atoms with Crippen molar-refractivity contribution in [2.45, 2.75) is 13.8 Å². The molecule has 0 aliphatic heterocycles. The molecule has 0 radical (unpaired) electrons. The molecule has 0 saturated heterocycles. The molecule has 13 heteroatoms. The van der Waals surface area contributed by atoms with Crippen molar-refractivity contribution in [1.82, 2.24) is 19.9 Å². The smallest absolute Gasteiger partial charge is 0.407 e. The van der Waals surface area contributed by atoms with Crippen molar-refractivity contribution in [2.75, 3.05) is 11.2 Å². The Hall–Kier alpha value is -5.50. The summed E-state index contributed by atoms with van der Waals surface area (Å²) in [6.45, 7) is 3.65. The Morgan fingerprint density at radius 1 is 0.566 bits per heavy atom. The SMILES string of the molecule is Cc1cc(Br)c2nc3ccccc3nc2c1OC(=O)N(c1ccccc1)c1ccccc1.Cc1cc(Br)c2nc3ccccc3nc2c1OS(C)(=O)=O. The molecule has 8 rings (SSSR count). The van der Waals surface area contributed by atoms with Crippen molar-refractivity contribution < 1.29 is 22.1 Å². The summed E-state index contributed by atoms with van der Waals surface area (Å²) in [4.78, 5) is 33.6. The minimum absolute atomic E-state index is 0.217. The van der Waals surface area contributed by atoms with E-state index in [9.17, 15) is 13.2 Å². The fourth-order valence-electron chi connectivity index (χ4n) is 5.70. The van der Waals surface area contributed by atoms with Crippen LogP contribution in [0.4, 0.5) is 16.2 Å². The zero-order valence-electron chi connectivity index (χ0n) is 28.5. The topological polar surface area (TPSA) is 124 Å². The number of ether oxygens (including phenoxy) is 1. The van der Waals surface area contributed by atoms with Gasteiger partial charge in [-0.25, -0.2) is 29.6 Å². The molecule has 0 saturated carbocycles. The van der Waals surface area contributed by atoms with Crippen LogP contribution in [0.5, 0.6) is 11.5 Å². The molecule has 2 heterocycles. The monoisotopic (exact) mass is 849 g/mol. The highest BCUT2D eigenvalue weighted by atomic mass is 79.9. The van der Waals surface area contributed by atoms with Crippen LogP contribution in [0.3, 0.4) is 0 Å². The van der Waals surface area contributed by atoms with E-state index < -0.39 is 16.2 Å². The maximum absolute atomic E-state index is 13.5. The van der Waals surface area contributed by atoms with Gasteiger partial charge in [0.25, 0.3) is 0 Å². The summed E-state index contributed by atoms with van der Waals surface area (Å²) in [5.41, 5.74) is 7.96. The van der Waals surface area contributed by atoms with E-state index in [0.717, 1.165) is 37.3 Å². The van der Waals surface area contributed by atoms with Gasteiger partial charge in [-0.2, -0.15) is 8.42 Å². The van der Waals surface area contributed by atoms with Crippen LogP contribution in [0.25, 0.3) is 44.1 Å². The fourth-order valence-corrected chi connectivity index (χ4v) is 7.46. The second-order valence-electron chi connectivity index (χ2n) is 12.0. The van der Waals surface area contributed by atoms with Crippen LogP contribution in [0.2, 0.25) is 0 Å². The standard InChI is InChI=1S/C26H18BrN3O2.C14H11BrN2O3S/c1-17-16-20(27)23-24(29-22-15-9-8-14-21(22)28-23)25(17)32-26(31)30(18-10-4-2-5-11-18)19-12-6-3-7-13-19;1-8-7-9(15)12-13(14(8)20-21(2,18)19)17-11-6-4-3-5-10(11)16-12/h2-16H,1H3;3-7H,1-2H3. The Kier molecular flexibility index (Phi) is 10.1. The molecule has 0 spiro atoms. The average molecular weight is 852 g/mol. The maximum Gasteiger partial charge on any atom is 0.424 e. The third kappa shape index (κ3) is 7.68. The Labute approximate surface area is 321 Å². The van der Waals surface area contributed by atoms with Gasteiger partial charge in [-0.1, -0.05) is 60.7 Å². The number of carbonyl (C=O) groups is 1. The lowest BCUT2D eigenvalue weighted by atomic mass is 10.1. The van der Waals surface area contributed by atoms with Gasteiger partial charge >= 0.3 is 16.2 Å². The maximum atomic E-state index is 13.5. The predicted octanol–water partition coefficient (Wildman–Crippen LogP) is 10.4. The summed E-state index contributed by atoms with van der Waals surface area (Å²) in [6.07, 6.45) is 0.485. The van der Waals surface area contributed by atoms with Crippen LogP contribution in [0.1, 0.15) is 11.1 Å². The second-order valence-corrected chi connectivity index (χ2v) is 15.3. The van der Waals surface area contributed by atoms with Crippen molar-refractivity contribution in [3.8, 4) is 11.5 Å². The van der Waals surface area contributed by atoms with E-state index in [1.807, 2.05) is 122 Å². The zero-order valence-corrected chi connectivity index (χ0v) is 32.5. The molecule has 0 fully saturated rings. The van der Waals surface area contributed by atoms with Gasteiger partial charge in [-0.15, -0.1) is 0 Å². The molecule has 6 aromatic carbocycles. The summed E-state index contributed by atoms with van der Waals surface area (Å²) < 4.78 is 35.6. The van der Waals surface area contributed by atoms with Crippen LogP contribution in [-0.2, 0) is 10.1 Å². The zero-order chi connectivity index (χ0) is 37.3. The minimum Gasteiger partial charge on any atom is -0.407 e. The number of halogens is 2. The summed E-state index contributed by atoms with van der Waals surface area (Å²) >= 11 is 7.02. The van der Waals surface area contributed by atoms with Crippen LogP contribution >= 0.6 is 31.9 Å². The van der Waals surface area contributed by atoms with Crippen LogP contribution < -0.4 is 13.8 Å². The number of rotatable bonds is 5. The molecule has 0 aliphatic rings. The molecule has 0 aliphatic carbocycles. The average Bonchev–Trinajstić information content (AvgIpc) is 3.15. The molecule has 53 heavy (non-hydrogen) atoms. The van der Waals surface area contributed by atoms with Crippen LogP contribution in [-0.4, -0.2) is 40.7 Å². The minimum atomic E-state index is -3.64. The molecule has 10 nitrogen and oxygen atoms in total. The van der Waals surface area contributed by atoms with E-state index in [1.165, 1.54) is 0 Å². The predicted molar refractivity (Wildman–Crippen MR) is 215 cm³/mol. The van der Waals surface area contributed by atoms with Crippen molar-refractivity contribution in [3.63, 3.8) is 0 Å². The lowest BCUT2D eigenvalue weighted by Gasteiger charge is -2.23. The number of fused-ring (bicyclic) bond motifs is 4. The van der Waals surface area contributed by atoms with Crippen LogP contribution in [0.15, 0.2) is 130 Å². The number of hydrogen-bond acceptors (Lipinski definition) is 9. The molecule has 0 N–H and O–H groups in total. The Balaban J connectivity index is 0.000000179. The first kappa shape index (κ1) is 35.9. The number of amides is 1. The molecule has 8 aromatic rings. The molecular formula is C40H29Br2N5O5S. The summed E-state index contributed by atoms with van der Waals surface area (Å²) in [5, 5.41) is 0. The molecule has 0 unspecified atom stereocenters. The highest BCUT2D eigenvalue weighted by Crippen LogP contribution is 2.37. The van der Waals surface area contributed by atoms with Gasteiger partial charge in [0.1, 0.15) is 22.1 Å². The molecule has 2 aromatic heterocycles. The highest BCUT2D eigenvalue weighted by molar-refractivity contribution is 9.11. The van der Waals surface area contributed by atoms with E-state index >= 15 is 0 Å². The first-order valence-electron chi connectivity index (χ1n) is 16.2. The summed E-state index contributed by atoms with van der Waals surface area (Å²) in [5.74, 6) is 0.609. The summed E-state index contributed by atoms with van der Waals surface area (Å²) in [6, 6.07) is 37.5. The van der Waals surface area contributed by atoms with Gasteiger partial charge in [0.05, 0.1) is 39.7 Å². The van der Waals surface area contributed by atoms with E-state index in [4.69, 9.17) is 18.9 Å². The third-order valence-electron chi connectivity index (χ3n) is 8.06. The number of nitrogens with zero attached hydrogens (tertiary/aromatic N) is 5. The third-order valence-corrected chi connectivity index (χ3v) is 9.74. The number of anilines is 2. The number of aromatic nitrogens is 4. The van der Waals surface area contributed by atoms with Gasteiger partial charge in [0.15, 0.2) is 11.5 Å². The number of benzene rings is 6. The van der Waals surface area contributed by atoms with Crippen molar-refractivity contribution in [3.05, 3.63) is 141 Å². The van der Waals surface area contributed by atoms with Gasteiger partial charge in [-0.05, 0) is 117 Å². The fraction of sp³-hybridized carbons (Fsp3) is 0.0750. The number of aryl methyl sites for hydroxylation is 2. The largest absolute Gasteiger partial charge is 0.424 e. The van der Waals surface area contributed by atoms with E-state index in [1.54, 1.807) is 17.9 Å². The van der Waals surface area contributed by atoms with Gasteiger partial charge in [0, 0.05) is 8.95 Å². The van der Waals surface area contributed by atoms with E-state index in [-0.39, 0.29) is 5.75 Å². The van der Waals surface area contributed by atoms with Crippen LogP contribution in [0, 0.1) is 13.8 Å². The van der Waals surface area contributed by atoms with Crippen molar-refractivity contribution >= 4 is 104 Å². The number of carbonyl (C=O) groups excluding carboxylic acids is 1. The quantitative estimate of drug-likeness (QED) is 0.123. The Morgan fingerprint density at radius 2 is 0.925 bits per heavy atom. The molecule has 0 bridgehead atoms. The lowest BCUT2D eigenvalue weighted by molar-refractivity contribution is 0.210. The lowest BCUT2D eigenvalue weighted by Crippen LogP contribution is -2.29. The van der Waals surface area contributed by atoms with E-state index in [0.29, 0.717) is 50.3 Å². The first-order valence-corrected chi connectivity index (χ1v) is 19.6. The van der Waals surface area contributed by atoms with Gasteiger partial charge in [0.2, 0.25) is 0 Å². The molecular weight excluding hydrogens is 822 g/mol. The van der Waals surface area contributed by atoms with E-state index in [2.05, 4.69) is 41.8 Å². The second kappa shape index (κ2) is 14.9.